The molecule has 0 aliphatic heterocycles. The lowest BCUT2D eigenvalue weighted by Crippen LogP contribution is -2.34. The zero-order valence-corrected chi connectivity index (χ0v) is 8.85. The van der Waals surface area contributed by atoms with Gasteiger partial charge in [0.2, 0.25) is 5.91 Å². The molecule has 0 aliphatic carbocycles. The van der Waals surface area contributed by atoms with E-state index in [1.807, 2.05) is 0 Å². The van der Waals surface area contributed by atoms with Crippen LogP contribution >= 0.6 is 0 Å². The number of methoxy groups -OCH3 is 1. The van der Waals surface area contributed by atoms with Gasteiger partial charge in [-0.2, -0.15) is 0 Å². The Morgan fingerprint density at radius 3 is 2.47 bits per heavy atom. The standard InChI is InChI=1S/C10H11F2NO4/c1-17-9-5(2-4(11)3-6(9)12)7(14)8(15)10(13)16/h2-3,7-8,14-15H,1H3,(H2,13,16). The van der Waals surface area contributed by atoms with Crippen LogP contribution in [0.5, 0.6) is 5.75 Å². The summed E-state index contributed by atoms with van der Waals surface area (Å²) in [5, 5.41) is 18.8. The van der Waals surface area contributed by atoms with E-state index in [1.54, 1.807) is 0 Å². The quantitative estimate of drug-likeness (QED) is 0.690. The van der Waals surface area contributed by atoms with Gasteiger partial charge in [-0.15, -0.1) is 0 Å². The van der Waals surface area contributed by atoms with Gasteiger partial charge in [0.15, 0.2) is 17.7 Å². The van der Waals surface area contributed by atoms with Gasteiger partial charge in [0, 0.05) is 11.6 Å². The van der Waals surface area contributed by atoms with E-state index >= 15 is 0 Å². The number of carbonyl (C=O) groups excluding carboxylic acids is 1. The minimum atomic E-state index is -1.98. The van der Waals surface area contributed by atoms with Crippen LogP contribution in [0.1, 0.15) is 11.7 Å². The SMILES string of the molecule is COc1c(F)cc(F)cc1C(O)C(O)C(N)=O. The average molecular weight is 247 g/mol. The molecule has 0 bridgehead atoms. The van der Waals surface area contributed by atoms with Crippen molar-refractivity contribution in [2.45, 2.75) is 12.2 Å². The second-order valence-corrected chi connectivity index (χ2v) is 3.30. The Morgan fingerprint density at radius 2 is 2.00 bits per heavy atom. The molecule has 94 valence electrons. The largest absolute Gasteiger partial charge is 0.493 e. The lowest BCUT2D eigenvalue weighted by Gasteiger charge is -2.18. The summed E-state index contributed by atoms with van der Waals surface area (Å²) in [5.41, 5.74) is 4.37. The molecule has 4 N–H and O–H groups in total. The molecule has 1 rings (SSSR count). The molecule has 0 saturated carbocycles. The molecule has 7 heteroatoms. The van der Waals surface area contributed by atoms with Crippen LogP contribution in [0.3, 0.4) is 0 Å². The fourth-order valence-corrected chi connectivity index (χ4v) is 1.34. The number of ether oxygens (including phenoxy) is 1. The Morgan fingerprint density at radius 1 is 1.41 bits per heavy atom. The summed E-state index contributed by atoms with van der Waals surface area (Å²) >= 11 is 0. The maximum Gasteiger partial charge on any atom is 0.249 e. The predicted octanol–water partition coefficient (Wildman–Crippen LogP) is -0.147. The van der Waals surface area contributed by atoms with Crippen LogP contribution in [0, 0.1) is 11.6 Å². The fourth-order valence-electron chi connectivity index (χ4n) is 1.34. The van der Waals surface area contributed by atoms with E-state index in [0.717, 1.165) is 13.2 Å². The number of hydrogen-bond donors (Lipinski definition) is 3. The smallest absolute Gasteiger partial charge is 0.249 e. The van der Waals surface area contributed by atoms with E-state index in [1.165, 1.54) is 0 Å². The Balaban J connectivity index is 3.24. The monoisotopic (exact) mass is 247 g/mol. The van der Waals surface area contributed by atoms with Gasteiger partial charge in [-0.1, -0.05) is 0 Å². The first-order chi connectivity index (χ1) is 7.88. The highest BCUT2D eigenvalue weighted by atomic mass is 19.1. The highest BCUT2D eigenvalue weighted by Crippen LogP contribution is 2.30. The van der Waals surface area contributed by atoms with Gasteiger partial charge in [0.05, 0.1) is 7.11 Å². The Hall–Kier alpha value is -1.73. The number of carbonyl (C=O) groups is 1. The minimum absolute atomic E-state index is 0.392. The van der Waals surface area contributed by atoms with Gasteiger partial charge in [-0.05, 0) is 6.07 Å². The predicted molar refractivity (Wildman–Crippen MR) is 53.1 cm³/mol. The van der Waals surface area contributed by atoms with Crippen molar-refractivity contribution in [1.29, 1.82) is 0 Å². The summed E-state index contributed by atoms with van der Waals surface area (Å²) in [7, 11) is 1.10. The first-order valence-electron chi connectivity index (χ1n) is 4.56. The van der Waals surface area contributed by atoms with Crippen LogP contribution in [0.2, 0.25) is 0 Å². The van der Waals surface area contributed by atoms with E-state index in [-0.39, 0.29) is 0 Å². The summed E-state index contributed by atoms with van der Waals surface area (Å²) in [4.78, 5) is 10.7. The summed E-state index contributed by atoms with van der Waals surface area (Å²) < 4.78 is 30.8. The first kappa shape index (κ1) is 13.3. The molecule has 0 heterocycles. The molecule has 0 aliphatic rings. The highest BCUT2D eigenvalue weighted by molar-refractivity contribution is 5.79. The van der Waals surface area contributed by atoms with Crippen LogP contribution in [-0.4, -0.2) is 29.3 Å². The topological polar surface area (TPSA) is 92.8 Å². The number of rotatable bonds is 4. The molecule has 2 unspecified atom stereocenters. The molecule has 5 nitrogen and oxygen atoms in total. The molecule has 1 aromatic carbocycles. The van der Waals surface area contributed by atoms with Crippen molar-refractivity contribution in [2.24, 2.45) is 5.73 Å². The lowest BCUT2D eigenvalue weighted by atomic mass is 10.0. The van der Waals surface area contributed by atoms with E-state index in [0.29, 0.717) is 6.07 Å². The molecule has 0 radical (unpaired) electrons. The van der Waals surface area contributed by atoms with E-state index < -0.39 is 41.1 Å². The molecule has 0 aromatic heterocycles. The first-order valence-corrected chi connectivity index (χ1v) is 4.56. The summed E-state index contributed by atoms with van der Waals surface area (Å²) in [6.45, 7) is 0. The summed E-state index contributed by atoms with van der Waals surface area (Å²) in [6, 6.07) is 1.30. The van der Waals surface area contributed by atoms with E-state index in [2.05, 4.69) is 4.74 Å². The number of benzene rings is 1. The number of primary amides is 1. The van der Waals surface area contributed by atoms with E-state index in [4.69, 9.17) is 5.73 Å². The van der Waals surface area contributed by atoms with Crippen molar-refractivity contribution < 1.29 is 28.5 Å². The Kier molecular flexibility index (Phi) is 3.97. The van der Waals surface area contributed by atoms with Crippen LogP contribution in [0.4, 0.5) is 8.78 Å². The van der Waals surface area contributed by atoms with Crippen LogP contribution in [0.25, 0.3) is 0 Å². The van der Waals surface area contributed by atoms with Crippen molar-refractivity contribution >= 4 is 5.91 Å². The molecular formula is C10H11F2NO4. The van der Waals surface area contributed by atoms with Crippen molar-refractivity contribution in [3.8, 4) is 5.75 Å². The van der Waals surface area contributed by atoms with Crippen molar-refractivity contribution in [3.63, 3.8) is 0 Å². The Labute approximate surface area is 95.4 Å². The van der Waals surface area contributed by atoms with Crippen LogP contribution < -0.4 is 10.5 Å². The number of aliphatic hydroxyl groups excluding tert-OH is 2. The van der Waals surface area contributed by atoms with Crippen LogP contribution in [0.15, 0.2) is 12.1 Å². The molecule has 0 fully saturated rings. The highest BCUT2D eigenvalue weighted by Gasteiger charge is 2.28. The molecular weight excluding hydrogens is 236 g/mol. The van der Waals surface area contributed by atoms with Gasteiger partial charge in [0.1, 0.15) is 11.9 Å². The third kappa shape index (κ3) is 2.69. The molecule has 0 saturated heterocycles. The molecule has 2 atom stereocenters. The fraction of sp³-hybridized carbons (Fsp3) is 0.300. The van der Waals surface area contributed by atoms with Gasteiger partial charge in [-0.3, -0.25) is 4.79 Å². The summed E-state index contributed by atoms with van der Waals surface area (Å²) in [5.74, 6) is -3.71. The van der Waals surface area contributed by atoms with Crippen molar-refractivity contribution in [3.05, 3.63) is 29.3 Å². The minimum Gasteiger partial charge on any atom is -0.493 e. The third-order valence-corrected chi connectivity index (χ3v) is 2.15. The number of hydrogen-bond acceptors (Lipinski definition) is 4. The van der Waals surface area contributed by atoms with Gasteiger partial charge in [-0.25, -0.2) is 8.78 Å². The molecule has 0 spiro atoms. The lowest BCUT2D eigenvalue weighted by molar-refractivity contribution is -0.132. The normalized spacial score (nSPS) is 14.2. The zero-order valence-electron chi connectivity index (χ0n) is 8.85. The molecule has 1 amide bonds. The number of nitrogens with two attached hydrogens (primary N) is 1. The maximum absolute atomic E-state index is 13.3. The molecule has 17 heavy (non-hydrogen) atoms. The Bertz CT molecular complexity index is 439. The zero-order chi connectivity index (χ0) is 13.2. The maximum atomic E-state index is 13.3. The average Bonchev–Trinajstić information content (AvgIpc) is 2.25. The van der Waals surface area contributed by atoms with Gasteiger partial charge >= 0.3 is 0 Å². The number of aliphatic hydroxyl groups is 2. The second-order valence-electron chi connectivity index (χ2n) is 3.30. The molecule has 1 aromatic rings. The second kappa shape index (κ2) is 5.07. The third-order valence-electron chi connectivity index (χ3n) is 2.15. The van der Waals surface area contributed by atoms with Crippen LogP contribution in [-0.2, 0) is 4.79 Å². The van der Waals surface area contributed by atoms with Crippen molar-refractivity contribution in [1.82, 2.24) is 0 Å². The number of amides is 1. The van der Waals surface area contributed by atoms with Gasteiger partial charge < -0.3 is 20.7 Å². The van der Waals surface area contributed by atoms with E-state index in [9.17, 15) is 23.8 Å². The van der Waals surface area contributed by atoms with Gasteiger partial charge in [0.25, 0.3) is 0 Å². The summed E-state index contributed by atoms with van der Waals surface area (Å²) in [6.07, 6.45) is -3.85. The van der Waals surface area contributed by atoms with Crippen molar-refractivity contribution in [2.75, 3.05) is 7.11 Å². The number of halogens is 2.